The number of carbonyl (C=O) groups excluding carboxylic acids is 1. The van der Waals surface area contributed by atoms with Crippen LogP contribution in [0.5, 0.6) is 0 Å². The molecule has 1 N–H and O–H groups in total. The van der Waals surface area contributed by atoms with Gasteiger partial charge in [-0.05, 0) is 17.7 Å². The van der Waals surface area contributed by atoms with Gasteiger partial charge in [0, 0.05) is 38.4 Å². The van der Waals surface area contributed by atoms with Crippen molar-refractivity contribution < 1.29 is 4.79 Å². The first-order valence-electron chi connectivity index (χ1n) is 8.36. The molecule has 1 saturated heterocycles. The molecule has 1 aliphatic rings. The predicted molar refractivity (Wildman–Crippen MR) is 98.9 cm³/mol. The molecular formula is C20H23N3O. The van der Waals surface area contributed by atoms with Crippen LogP contribution in [0.1, 0.15) is 5.56 Å². The summed E-state index contributed by atoms with van der Waals surface area (Å²) in [6.45, 7) is 4.25. The molecule has 4 heteroatoms. The molecule has 0 aliphatic carbocycles. The maximum atomic E-state index is 12.3. The van der Waals surface area contributed by atoms with E-state index in [4.69, 9.17) is 0 Å². The fourth-order valence-corrected chi connectivity index (χ4v) is 2.76. The van der Waals surface area contributed by atoms with E-state index in [1.54, 1.807) is 0 Å². The molecule has 2 aromatic rings. The van der Waals surface area contributed by atoms with Crippen LogP contribution in [-0.4, -0.2) is 48.6 Å². The number of anilines is 1. The molecule has 2 amide bonds. The van der Waals surface area contributed by atoms with Gasteiger partial charge in [0.25, 0.3) is 0 Å². The summed E-state index contributed by atoms with van der Waals surface area (Å²) < 4.78 is 0. The van der Waals surface area contributed by atoms with Gasteiger partial charge in [0.15, 0.2) is 0 Å². The van der Waals surface area contributed by atoms with Crippen molar-refractivity contribution in [3.8, 4) is 0 Å². The third kappa shape index (κ3) is 4.70. The van der Waals surface area contributed by atoms with Crippen molar-refractivity contribution in [3.63, 3.8) is 0 Å². The number of nitrogens with one attached hydrogen (secondary N) is 1. The normalized spacial score (nSPS) is 15.6. The average Bonchev–Trinajstić information content (AvgIpc) is 2.64. The summed E-state index contributed by atoms with van der Waals surface area (Å²) in [6, 6.07) is 19.9. The summed E-state index contributed by atoms with van der Waals surface area (Å²) in [5, 5.41) is 2.95. The molecule has 24 heavy (non-hydrogen) atoms. The standard InChI is InChI=1S/C20H23N3O/c24-20(21-19-11-5-2-6-12-19)23-16-14-22(15-17-23)13-7-10-18-8-3-1-4-9-18/h1-12H,13-17H2,(H,21,24). The SMILES string of the molecule is O=C(Nc1ccccc1)N1CCN(CC=Cc2ccccc2)CC1. The van der Waals surface area contributed by atoms with Crippen LogP contribution in [0.25, 0.3) is 6.08 Å². The van der Waals surface area contributed by atoms with Crippen molar-refractivity contribution in [2.24, 2.45) is 0 Å². The number of para-hydroxylation sites is 1. The van der Waals surface area contributed by atoms with Crippen LogP contribution < -0.4 is 5.32 Å². The lowest BCUT2D eigenvalue weighted by atomic mass is 10.2. The summed E-state index contributed by atoms with van der Waals surface area (Å²) in [6.07, 6.45) is 4.34. The molecule has 1 aliphatic heterocycles. The Labute approximate surface area is 143 Å². The summed E-state index contributed by atoms with van der Waals surface area (Å²) in [4.78, 5) is 16.5. The molecule has 3 rings (SSSR count). The maximum Gasteiger partial charge on any atom is 0.321 e. The van der Waals surface area contributed by atoms with Gasteiger partial charge in [-0.15, -0.1) is 0 Å². The molecule has 0 saturated carbocycles. The third-order valence-corrected chi connectivity index (χ3v) is 4.16. The zero-order valence-corrected chi connectivity index (χ0v) is 13.8. The van der Waals surface area contributed by atoms with Gasteiger partial charge < -0.3 is 10.2 Å². The minimum absolute atomic E-state index is 0.0133. The second-order valence-electron chi connectivity index (χ2n) is 5.90. The molecule has 4 nitrogen and oxygen atoms in total. The maximum absolute atomic E-state index is 12.3. The number of nitrogens with zero attached hydrogens (tertiary/aromatic N) is 2. The van der Waals surface area contributed by atoms with Gasteiger partial charge in [-0.25, -0.2) is 4.79 Å². The topological polar surface area (TPSA) is 35.6 Å². The molecule has 0 atom stereocenters. The van der Waals surface area contributed by atoms with Crippen molar-refractivity contribution in [2.75, 3.05) is 38.0 Å². The van der Waals surface area contributed by atoms with Crippen LogP contribution in [0.2, 0.25) is 0 Å². The van der Waals surface area contributed by atoms with Gasteiger partial charge in [0.1, 0.15) is 0 Å². The van der Waals surface area contributed by atoms with Gasteiger partial charge >= 0.3 is 6.03 Å². The summed E-state index contributed by atoms with van der Waals surface area (Å²) in [5.74, 6) is 0. The van der Waals surface area contributed by atoms with Crippen molar-refractivity contribution in [3.05, 3.63) is 72.3 Å². The van der Waals surface area contributed by atoms with Gasteiger partial charge in [-0.3, -0.25) is 4.90 Å². The Balaban J connectivity index is 1.42. The van der Waals surface area contributed by atoms with E-state index < -0.39 is 0 Å². The first kappa shape index (κ1) is 16.3. The number of urea groups is 1. The second kappa shape index (κ2) is 8.31. The molecule has 0 radical (unpaired) electrons. The molecular weight excluding hydrogens is 298 g/mol. The Hall–Kier alpha value is -2.59. The highest BCUT2D eigenvalue weighted by Crippen LogP contribution is 2.09. The number of hydrogen-bond donors (Lipinski definition) is 1. The molecule has 0 spiro atoms. The van der Waals surface area contributed by atoms with Gasteiger partial charge in [0.05, 0.1) is 0 Å². The van der Waals surface area contributed by atoms with E-state index in [-0.39, 0.29) is 6.03 Å². The van der Waals surface area contributed by atoms with Crippen molar-refractivity contribution >= 4 is 17.8 Å². The molecule has 1 heterocycles. The largest absolute Gasteiger partial charge is 0.322 e. The Bertz CT molecular complexity index is 662. The number of carbonyl (C=O) groups is 1. The van der Waals surface area contributed by atoms with E-state index in [0.29, 0.717) is 0 Å². The van der Waals surface area contributed by atoms with Crippen LogP contribution in [0.3, 0.4) is 0 Å². The smallest absolute Gasteiger partial charge is 0.321 e. The van der Waals surface area contributed by atoms with Crippen molar-refractivity contribution in [1.29, 1.82) is 0 Å². The number of amides is 2. The van der Waals surface area contributed by atoms with E-state index in [2.05, 4.69) is 34.5 Å². The van der Waals surface area contributed by atoms with E-state index in [1.807, 2.05) is 53.4 Å². The van der Waals surface area contributed by atoms with Crippen molar-refractivity contribution in [2.45, 2.75) is 0 Å². The molecule has 124 valence electrons. The third-order valence-electron chi connectivity index (χ3n) is 4.16. The van der Waals surface area contributed by atoms with Crippen LogP contribution in [0.4, 0.5) is 10.5 Å². The molecule has 0 aromatic heterocycles. The lowest BCUT2D eigenvalue weighted by molar-refractivity contribution is 0.156. The average molecular weight is 321 g/mol. The van der Waals surface area contributed by atoms with Crippen molar-refractivity contribution in [1.82, 2.24) is 9.80 Å². The number of rotatable bonds is 4. The fourth-order valence-electron chi connectivity index (χ4n) is 2.76. The number of piperazine rings is 1. The van der Waals surface area contributed by atoms with Gasteiger partial charge in [0.2, 0.25) is 0 Å². The highest BCUT2D eigenvalue weighted by Gasteiger charge is 2.20. The highest BCUT2D eigenvalue weighted by atomic mass is 16.2. The number of benzene rings is 2. The second-order valence-corrected chi connectivity index (χ2v) is 5.90. The van der Waals surface area contributed by atoms with Crippen LogP contribution in [0.15, 0.2) is 66.7 Å². The van der Waals surface area contributed by atoms with E-state index >= 15 is 0 Å². The lowest BCUT2D eigenvalue weighted by Crippen LogP contribution is -2.49. The minimum Gasteiger partial charge on any atom is -0.322 e. The van der Waals surface area contributed by atoms with E-state index in [9.17, 15) is 4.79 Å². The molecule has 1 fully saturated rings. The zero-order chi connectivity index (χ0) is 16.6. The highest BCUT2D eigenvalue weighted by molar-refractivity contribution is 5.89. The van der Waals surface area contributed by atoms with Crippen LogP contribution in [0, 0.1) is 0 Å². The lowest BCUT2D eigenvalue weighted by Gasteiger charge is -2.34. The molecule has 0 unspecified atom stereocenters. The Kier molecular flexibility index (Phi) is 5.64. The Morgan fingerprint density at radius 2 is 1.54 bits per heavy atom. The predicted octanol–water partition coefficient (Wildman–Crippen LogP) is 3.55. The zero-order valence-electron chi connectivity index (χ0n) is 13.8. The van der Waals surface area contributed by atoms with Crippen LogP contribution in [-0.2, 0) is 0 Å². The Morgan fingerprint density at radius 1 is 0.917 bits per heavy atom. The summed E-state index contributed by atoms with van der Waals surface area (Å²) in [7, 11) is 0. The monoisotopic (exact) mass is 321 g/mol. The van der Waals surface area contributed by atoms with Gasteiger partial charge in [-0.1, -0.05) is 60.7 Å². The molecule has 0 bridgehead atoms. The first-order valence-corrected chi connectivity index (χ1v) is 8.36. The van der Waals surface area contributed by atoms with Crippen LogP contribution >= 0.6 is 0 Å². The fraction of sp³-hybridized carbons (Fsp3) is 0.250. The van der Waals surface area contributed by atoms with E-state index in [0.717, 1.165) is 38.4 Å². The minimum atomic E-state index is -0.0133. The van der Waals surface area contributed by atoms with E-state index in [1.165, 1.54) is 5.56 Å². The first-order chi connectivity index (χ1) is 11.8. The Morgan fingerprint density at radius 3 is 2.21 bits per heavy atom. The number of hydrogen-bond acceptors (Lipinski definition) is 2. The quantitative estimate of drug-likeness (QED) is 0.935. The van der Waals surface area contributed by atoms with Gasteiger partial charge in [-0.2, -0.15) is 0 Å². The summed E-state index contributed by atoms with van der Waals surface area (Å²) in [5.41, 5.74) is 2.06. The molecule has 2 aromatic carbocycles. The summed E-state index contributed by atoms with van der Waals surface area (Å²) >= 11 is 0.